The van der Waals surface area contributed by atoms with Crippen molar-refractivity contribution in [1.82, 2.24) is 0 Å². The maximum Gasteiger partial charge on any atom is 0.266 e. The zero-order valence-corrected chi connectivity index (χ0v) is 17.7. The highest BCUT2D eigenvalue weighted by Crippen LogP contribution is 2.28. The van der Waals surface area contributed by atoms with E-state index in [1.807, 2.05) is 37.3 Å². The predicted molar refractivity (Wildman–Crippen MR) is 118 cm³/mol. The van der Waals surface area contributed by atoms with Crippen molar-refractivity contribution in [1.29, 1.82) is 5.26 Å². The van der Waals surface area contributed by atoms with Crippen molar-refractivity contribution in [2.24, 2.45) is 0 Å². The van der Waals surface area contributed by atoms with E-state index in [0.717, 1.165) is 5.56 Å². The first-order valence-corrected chi connectivity index (χ1v) is 9.91. The summed E-state index contributed by atoms with van der Waals surface area (Å²) < 4.78 is 20.2. The number of amides is 1. The standard InChI is InChI=1S/C24H18BrFN2O2/c1-16-6-8-17(9-7-16)15-30-23-11-10-18(13-20(23)25)12-19(14-27)24(29)28-22-5-3-2-4-21(22)26/h2-13H,15H2,1H3,(H,28,29)/b19-12-. The molecular formula is C24H18BrFN2O2. The molecule has 0 radical (unpaired) electrons. The average Bonchev–Trinajstić information content (AvgIpc) is 2.74. The lowest BCUT2D eigenvalue weighted by Gasteiger charge is -2.10. The number of nitrogens with one attached hydrogen (secondary N) is 1. The van der Waals surface area contributed by atoms with Gasteiger partial charge in [0.2, 0.25) is 0 Å². The lowest BCUT2D eigenvalue weighted by atomic mass is 10.1. The first-order chi connectivity index (χ1) is 14.5. The molecule has 0 atom stereocenters. The number of hydrogen-bond donors (Lipinski definition) is 1. The van der Waals surface area contributed by atoms with Crippen LogP contribution in [0.1, 0.15) is 16.7 Å². The molecule has 0 bridgehead atoms. The summed E-state index contributed by atoms with van der Waals surface area (Å²) in [4.78, 5) is 12.3. The Morgan fingerprint density at radius 1 is 1.17 bits per heavy atom. The van der Waals surface area contributed by atoms with Gasteiger partial charge in [-0.25, -0.2) is 4.39 Å². The first kappa shape index (κ1) is 21.3. The van der Waals surface area contributed by atoms with Crippen molar-refractivity contribution < 1.29 is 13.9 Å². The smallest absolute Gasteiger partial charge is 0.266 e. The number of halogens is 2. The van der Waals surface area contributed by atoms with Crippen LogP contribution in [-0.4, -0.2) is 5.91 Å². The lowest BCUT2D eigenvalue weighted by molar-refractivity contribution is -0.112. The monoisotopic (exact) mass is 464 g/mol. The van der Waals surface area contributed by atoms with Gasteiger partial charge in [0.1, 0.15) is 29.8 Å². The molecule has 0 heterocycles. The third-order valence-corrected chi connectivity index (χ3v) is 4.89. The minimum Gasteiger partial charge on any atom is -0.488 e. The second kappa shape index (κ2) is 9.86. The number of benzene rings is 3. The number of nitrogens with zero attached hydrogens (tertiary/aromatic N) is 1. The molecule has 1 N–H and O–H groups in total. The zero-order valence-electron chi connectivity index (χ0n) is 16.2. The molecule has 0 unspecified atom stereocenters. The third kappa shape index (κ3) is 5.56. The molecule has 1 amide bonds. The van der Waals surface area contributed by atoms with E-state index in [0.29, 0.717) is 22.4 Å². The highest BCUT2D eigenvalue weighted by molar-refractivity contribution is 9.10. The normalized spacial score (nSPS) is 10.9. The van der Waals surface area contributed by atoms with Crippen LogP contribution in [-0.2, 0) is 11.4 Å². The van der Waals surface area contributed by atoms with E-state index in [1.165, 1.54) is 29.8 Å². The van der Waals surface area contributed by atoms with Crippen LogP contribution in [0.5, 0.6) is 5.75 Å². The van der Waals surface area contributed by atoms with Gasteiger partial charge in [-0.2, -0.15) is 5.26 Å². The predicted octanol–water partition coefficient (Wildman–Crippen LogP) is 6.02. The van der Waals surface area contributed by atoms with E-state index in [4.69, 9.17) is 4.74 Å². The van der Waals surface area contributed by atoms with Gasteiger partial charge in [-0.05, 0) is 64.3 Å². The summed E-state index contributed by atoms with van der Waals surface area (Å²) in [6.07, 6.45) is 1.44. The number of anilines is 1. The second-order valence-corrected chi connectivity index (χ2v) is 7.42. The van der Waals surface area contributed by atoms with Gasteiger partial charge < -0.3 is 10.1 Å². The maximum atomic E-state index is 13.7. The Kier molecular flexibility index (Phi) is 6.99. The molecule has 30 heavy (non-hydrogen) atoms. The minimum atomic E-state index is -0.682. The topological polar surface area (TPSA) is 62.1 Å². The number of para-hydroxylation sites is 1. The molecular weight excluding hydrogens is 447 g/mol. The molecule has 3 aromatic carbocycles. The summed E-state index contributed by atoms with van der Waals surface area (Å²) in [5, 5.41) is 11.8. The number of carbonyl (C=O) groups excluding carboxylic acids is 1. The van der Waals surface area contributed by atoms with Crippen LogP contribution in [0.3, 0.4) is 0 Å². The van der Waals surface area contributed by atoms with Gasteiger partial charge in [0.05, 0.1) is 10.2 Å². The van der Waals surface area contributed by atoms with E-state index in [-0.39, 0.29) is 11.3 Å². The van der Waals surface area contributed by atoms with Crippen LogP contribution in [0.15, 0.2) is 76.8 Å². The average molecular weight is 465 g/mol. The lowest BCUT2D eigenvalue weighted by Crippen LogP contribution is -2.14. The van der Waals surface area contributed by atoms with Crippen molar-refractivity contribution in [2.75, 3.05) is 5.32 Å². The van der Waals surface area contributed by atoms with Crippen LogP contribution in [0.4, 0.5) is 10.1 Å². The summed E-state index contributed by atoms with van der Waals surface area (Å²) in [5.74, 6) is -0.610. The minimum absolute atomic E-state index is 0.0182. The molecule has 0 aromatic heterocycles. The van der Waals surface area contributed by atoms with Gasteiger partial charge in [-0.1, -0.05) is 48.0 Å². The van der Waals surface area contributed by atoms with Gasteiger partial charge in [0, 0.05) is 0 Å². The number of rotatable bonds is 6. The van der Waals surface area contributed by atoms with Crippen molar-refractivity contribution in [3.05, 3.63) is 99.3 Å². The van der Waals surface area contributed by atoms with Crippen LogP contribution in [0.25, 0.3) is 6.08 Å². The Morgan fingerprint density at radius 2 is 1.90 bits per heavy atom. The van der Waals surface area contributed by atoms with Crippen molar-refractivity contribution in [3.63, 3.8) is 0 Å². The van der Waals surface area contributed by atoms with Crippen LogP contribution in [0, 0.1) is 24.1 Å². The Hall–Kier alpha value is -3.43. The quantitative estimate of drug-likeness (QED) is 0.358. The Morgan fingerprint density at radius 3 is 2.57 bits per heavy atom. The summed E-state index contributed by atoms with van der Waals surface area (Å²) in [7, 11) is 0. The fraction of sp³-hybridized carbons (Fsp3) is 0.0833. The molecule has 4 nitrogen and oxygen atoms in total. The Balaban J connectivity index is 1.71. The molecule has 0 spiro atoms. The molecule has 0 saturated heterocycles. The number of aryl methyl sites for hydroxylation is 1. The molecule has 0 aliphatic heterocycles. The highest BCUT2D eigenvalue weighted by atomic mass is 79.9. The Labute approximate surface area is 182 Å². The fourth-order valence-corrected chi connectivity index (χ4v) is 3.15. The summed E-state index contributed by atoms with van der Waals surface area (Å²) in [5.41, 5.74) is 2.74. The Bertz CT molecular complexity index is 1130. The summed E-state index contributed by atoms with van der Waals surface area (Å²) in [6, 6.07) is 20.9. The zero-order chi connectivity index (χ0) is 21.5. The maximum absolute atomic E-state index is 13.7. The molecule has 6 heteroatoms. The van der Waals surface area contributed by atoms with Crippen molar-refractivity contribution in [2.45, 2.75) is 13.5 Å². The molecule has 3 aromatic rings. The molecule has 0 fully saturated rings. The van der Waals surface area contributed by atoms with E-state index in [9.17, 15) is 14.4 Å². The third-order valence-electron chi connectivity index (χ3n) is 4.27. The molecule has 3 rings (SSSR count). The van der Waals surface area contributed by atoms with Gasteiger partial charge in [-0.15, -0.1) is 0 Å². The molecule has 0 saturated carbocycles. The molecule has 0 aliphatic rings. The van der Waals surface area contributed by atoms with E-state index in [1.54, 1.807) is 24.3 Å². The van der Waals surface area contributed by atoms with Crippen LogP contribution < -0.4 is 10.1 Å². The number of carbonyl (C=O) groups is 1. The van der Waals surface area contributed by atoms with Gasteiger partial charge in [0.15, 0.2) is 0 Å². The molecule has 150 valence electrons. The summed E-state index contributed by atoms with van der Waals surface area (Å²) >= 11 is 3.46. The number of hydrogen-bond acceptors (Lipinski definition) is 3. The van der Waals surface area contributed by atoms with Gasteiger partial charge in [-0.3, -0.25) is 4.79 Å². The summed E-state index contributed by atoms with van der Waals surface area (Å²) in [6.45, 7) is 2.45. The largest absolute Gasteiger partial charge is 0.488 e. The van der Waals surface area contributed by atoms with E-state index >= 15 is 0 Å². The second-order valence-electron chi connectivity index (χ2n) is 6.57. The van der Waals surface area contributed by atoms with Crippen molar-refractivity contribution >= 4 is 33.6 Å². The molecule has 0 aliphatic carbocycles. The van der Waals surface area contributed by atoms with Gasteiger partial charge in [0.25, 0.3) is 5.91 Å². The van der Waals surface area contributed by atoms with E-state index < -0.39 is 11.7 Å². The van der Waals surface area contributed by atoms with Gasteiger partial charge >= 0.3 is 0 Å². The van der Waals surface area contributed by atoms with E-state index in [2.05, 4.69) is 21.2 Å². The number of nitriles is 1. The highest BCUT2D eigenvalue weighted by Gasteiger charge is 2.12. The fourth-order valence-electron chi connectivity index (χ4n) is 2.64. The number of ether oxygens (including phenoxy) is 1. The van der Waals surface area contributed by atoms with Crippen LogP contribution in [0.2, 0.25) is 0 Å². The van der Waals surface area contributed by atoms with Crippen molar-refractivity contribution in [3.8, 4) is 11.8 Å². The SMILES string of the molecule is Cc1ccc(COc2ccc(/C=C(/C#N)C(=O)Nc3ccccc3F)cc2Br)cc1. The first-order valence-electron chi connectivity index (χ1n) is 9.12. The van der Waals surface area contributed by atoms with Crippen LogP contribution >= 0.6 is 15.9 Å².